The van der Waals surface area contributed by atoms with E-state index in [-0.39, 0.29) is 0 Å². The van der Waals surface area contributed by atoms with Crippen LogP contribution >= 0.6 is 0 Å². The molecule has 6 aromatic rings. The first kappa shape index (κ1) is 42.3. The molecule has 0 saturated carbocycles. The highest BCUT2D eigenvalue weighted by Crippen LogP contribution is 2.37. The molecule has 56 heavy (non-hydrogen) atoms. The Bertz CT molecular complexity index is 1860. The molecule has 0 N–H and O–H groups in total. The van der Waals surface area contributed by atoms with Gasteiger partial charge in [-0.05, 0) is 69.4 Å². The molecule has 0 spiro atoms. The molecule has 304 valence electrons. The van der Waals surface area contributed by atoms with Crippen LogP contribution in [0.15, 0.2) is 73.1 Å². The predicted molar refractivity (Wildman–Crippen MR) is 251 cm³/mol. The Kier molecular flexibility index (Phi) is 18.0. The van der Waals surface area contributed by atoms with E-state index in [0.29, 0.717) is 0 Å². The normalized spacial score (nSPS) is 12.1. The molecule has 0 amide bonds. The fourth-order valence-electron chi connectivity index (χ4n) is 9.75. The molecule has 4 aromatic carbocycles. The zero-order chi connectivity index (χ0) is 38.6. The Labute approximate surface area is 341 Å². The van der Waals surface area contributed by atoms with E-state index in [9.17, 15) is 0 Å². The molecule has 0 saturated heterocycles. The Morgan fingerprint density at radius 3 is 0.768 bits per heavy atom. The van der Waals surface area contributed by atoms with Gasteiger partial charge in [0.1, 0.15) is 0 Å². The molecule has 0 atom stereocenters. The Morgan fingerprint density at radius 1 is 0.250 bits per heavy atom. The van der Waals surface area contributed by atoms with Gasteiger partial charge in [-0.15, -0.1) is 0 Å². The molecule has 0 radical (unpaired) electrons. The number of rotatable bonds is 30. The molecule has 0 unspecified atom stereocenters. The van der Waals surface area contributed by atoms with Crippen molar-refractivity contribution in [1.29, 1.82) is 0 Å². The predicted octanol–water partition coefficient (Wildman–Crippen LogP) is 18.0. The zero-order valence-corrected chi connectivity index (χ0v) is 36.0. The van der Waals surface area contributed by atoms with Crippen molar-refractivity contribution in [1.82, 2.24) is 9.13 Å². The van der Waals surface area contributed by atoms with Crippen LogP contribution in [0.25, 0.3) is 54.1 Å². The first-order valence-electron chi connectivity index (χ1n) is 24.1. The first-order chi connectivity index (χ1) is 27.8. The van der Waals surface area contributed by atoms with Crippen molar-refractivity contribution in [3.63, 3.8) is 0 Å². The van der Waals surface area contributed by atoms with Crippen LogP contribution in [0.4, 0.5) is 0 Å². The van der Waals surface area contributed by atoms with Crippen LogP contribution < -0.4 is 0 Å². The second-order valence-electron chi connectivity index (χ2n) is 17.6. The topological polar surface area (TPSA) is 9.86 Å². The second kappa shape index (κ2) is 23.8. The Hall–Kier alpha value is -3.26. The number of hydrogen-bond donors (Lipinski definition) is 0. The molecule has 6 rings (SSSR count). The van der Waals surface area contributed by atoms with Crippen molar-refractivity contribution in [2.24, 2.45) is 0 Å². The fraction of sp³-hybridized carbons (Fsp3) is 0.593. The third-order valence-corrected chi connectivity index (χ3v) is 13.2. The highest BCUT2D eigenvalue weighted by atomic mass is 15.0. The van der Waals surface area contributed by atoms with Crippen LogP contribution in [-0.2, 0) is 13.1 Å². The monoisotopic (exact) mass is 755 g/mol. The van der Waals surface area contributed by atoms with Crippen LogP contribution in [0.2, 0.25) is 0 Å². The maximum Gasteiger partial charge on any atom is 0.0486 e. The maximum absolute atomic E-state index is 2.50. The van der Waals surface area contributed by atoms with E-state index in [2.05, 4.69) is 96.0 Å². The van der Waals surface area contributed by atoms with Crippen LogP contribution in [0, 0.1) is 0 Å². The summed E-state index contributed by atoms with van der Waals surface area (Å²) in [6.45, 7) is 6.86. The highest BCUT2D eigenvalue weighted by molar-refractivity contribution is 6.24. The molecular weight excluding hydrogens is 677 g/mol. The van der Waals surface area contributed by atoms with Gasteiger partial charge in [-0.3, -0.25) is 0 Å². The second-order valence-corrected chi connectivity index (χ2v) is 17.6. The van der Waals surface area contributed by atoms with Gasteiger partial charge in [-0.2, -0.15) is 0 Å². The van der Waals surface area contributed by atoms with Crippen LogP contribution in [0.3, 0.4) is 0 Å². The molecule has 0 aliphatic rings. The minimum atomic E-state index is 1.13. The van der Waals surface area contributed by atoms with Crippen molar-refractivity contribution in [3.05, 3.63) is 73.1 Å². The van der Waals surface area contributed by atoms with E-state index in [1.807, 2.05) is 0 Å². The fourth-order valence-corrected chi connectivity index (χ4v) is 9.75. The molecule has 0 aliphatic carbocycles. The average Bonchev–Trinajstić information content (AvgIpc) is 3.85. The molecule has 2 heterocycles. The largest absolute Gasteiger partial charge is 0.347 e. The number of unbranched alkanes of at least 4 members (excludes halogenated alkanes) is 26. The lowest BCUT2D eigenvalue weighted by Crippen LogP contribution is -1.96. The molecule has 2 nitrogen and oxygen atoms in total. The highest BCUT2D eigenvalue weighted by Gasteiger charge is 2.12. The first-order valence-corrected chi connectivity index (χ1v) is 24.1. The summed E-state index contributed by atoms with van der Waals surface area (Å²) < 4.78 is 5.00. The van der Waals surface area contributed by atoms with Gasteiger partial charge in [0.25, 0.3) is 0 Å². The van der Waals surface area contributed by atoms with Gasteiger partial charge < -0.3 is 9.13 Å². The van der Waals surface area contributed by atoms with Crippen LogP contribution in [0.1, 0.15) is 194 Å². The minimum absolute atomic E-state index is 1.13. The summed E-state index contributed by atoms with van der Waals surface area (Å²) >= 11 is 0. The SMILES string of the molecule is CCCCCCCCCCCCCCCCn1ccc2c3ccc4c(ccc5c4ccc4c5ccn4CCCCCCCCCCCCCCCC)c3ccc21. The summed E-state index contributed by atoms with van der Waals surface area (Å²) in [6.07, 6.45) is 44.2. The van der Waals surface area contributed by atoms with Gasteiger partial charge in [0.15, 0.2) is 0 Å². The number of aryl methyl sites for hydroxylation is 2. The van der Waals surface area contributed by atoms with Crippen molar-refractivity contribution in [2.45, 2.75) is 207 Å². The van der Waals surface area contributed by atoms with Crippen molar-refractivity contribution < 1.29 is 0 Å². The maximum atomic E-state index is 2.50. The van der Waals surface area contributed by atoms with Crippen molar-refractivity contribution in [3.8, 4) is 0 Å². The van der Waals surface area contributed by atoms with Gasteiger partial charge in [-0.1, -0.05) is 217 Å². The molecule has 0 bridgehead atoms. The van der Waals surface area contributed by atoms with Crippen LogP contribution in [0.5, 0.6) is 0 Å². The zero-order valence-electron chi connectivity index (χ0n) is 36.0. The van der Waals surface area contributed by atoms with E-state index >= 15 is 0 Å². The van der Waals surface area contributed by atoms with Crippen molar-refractivity contribution >= 4 is 54.1 Å². The Balaban J connectivity index is 0.948. The number of fused-ring (bicyclic) bond motifs is 9. The number of hydrogen-bond acceptors (Lipinski definition) is 0. The van der Waals surface area contributed by atoms with Crippen LogP contribution in [-0.4, -0.2) is 9.13 Å². The summed E-state index contributed by atoms with van der Waals surface area (Å²) in [4.78, 5) is 0. The van der Waals surface area contributed by atoms with Gasteiger partial charge in [0, 0.05) is 47.3 Å². The van der Waals surface area contributed by atoms with Gasteiger partial charge in [0.2, 0.25) is 0 Å². The summed E-state index contributed by atoms with van der Waals surface area (Å²) in [5.74, 6) is 0. The van der Waals surface area contributed by atoms with E-state index in [1.165, 1.54) is 234 Å². The molecule has 2 heteroatoms. The van der Waals surface area contributed by atoms with E-state index in [4.69, 9.17) is 0 Å². The molecule has 2 aromatic heterocycles. The lowest BCUT2D eigenvalue weighted by molar-refractivity contribution is 0.526. The standard InChI is InChI=1S/C54H78N2/c1-3-5-7-9-11-13-15-17-19-21-23-25-27-29-41-55-43-39-51-49-33-31-46-45(47(49)35-37-53(51)55)32-34-50-48(46)36-38-54-52(50)40-44-56(54)42-30-28-26-24-22-20-18-16-14-12-10-8-6-4-2/h31-40,43-44H,3-30,41-42H2,1-2H3. The molecule has 0 fully saturated rings. The smallest absolute Gasteiger partial charge is 0.0486 e. The van der Waals surface area contributed by atoms with Gasteiger partial charge in [-0.25, -0.2) is 0 Å². The van der Waals surface area contributed by atoms with E-state index in [1.54, 1.807) is 0 Å². The summed E-state index contributed by atoms with van der Waals surface area (Å²) in [6, 6.07) is 23.8. The van der Waals surface area contributed by atoms with E-state index < -0.39 is 0 Å². The van der Waals surface area contributed by atoms with Gasteiger partial charge >= 0.3 is 0 Å². The summed E-state index contributed by atoms with van der Waals surface area (Å²) in [5.41, 5.74) is 2.77. The Morgan fingerprint density at radius 2 is 0.482 bits per heavy atom. The molecular formula is C54H78N2. The average molecular weight is 755 g/mol. The summed E-state index contributed by atoms with van der Waals surface area (Å²) in [5, 5.41) is 11.1. The number of aromatic nitrogens is 2. The molecule has 0 aliphatic heterocycles. The van der Waals surface area contributed by atoms with Crippen molar-refractivity contribution in [2.75, 3.05) is 0 Å². The quantitative estimate of drug-likeness (QED) is 0.0320. The third kappa shape index (κ3) is 11.9. The minimum Gasteiger partial charge on any atom is -0.347 e. The van der Waals surface area contributed by atoms with Gasteiger partial charge in [0.05, 0.1) is 0 Å². The number of nitrogens with zero attached hydrogens (tertiary/aromatic N) is 2. The van der Waals surface area contributed by atoms with E-state index in [0.717, 1.165) is 13.1 Å². The third-order valence-electron chi connectivity index (χ3n) is 13.2. The lowest BCUT2D eigenvalue weighted by Gasteiger charge is -2.11. The number of benzene rings is 4. The lowest BCUT2D eigenvalue weighted by atomic mass is 9.94. The summed E-state index contributed by atoms with van der Waals surface area (Å²) in [7, 11) is 0.